The summed E-state index contributed by atoms with van der Waals surface area (Å²) in [5, 5.41) is 4.23. The minimum atomic E-state index is -0.0856. The zero-order valence-corrected chi connectivity index (χ0v) is 7.58. The largest absolute Gasteiger partial charge is 0.465 e. The standard InChI is InChI=1S/C9H16NO2/c1-2-9(11)12-7-8-3-5-10-6-4-8/h8H,2-7H2,1H3. The summed E-state index contributed by atoms with van der Waals surface area (Å²) in [5.41, 5.74) is 0. The molecular formula is C9H16NO2. The van der Waals surface area contributed by atoms with Gasteiger partial charge in [0.2, 0.25) is 0 Å². The molecule has 0 bridgehead atoms. The highest BCUT2D eigenvalue weighted by molar-refractivity contribution is 5.68. The minimum absolute atomic E-state index is 0.0856. The van der Waals surface area contributed by atoms with Crippen LogP contribution in [0.15, 0.2) is 0 Å². The average Bonchev–Trinajstić information content (AvgIpc) is 2.16. The first-order valence-electron chi connectivity index (χ1n) is 4.61. The molecule has 0 spiro atoms. The second-order valence-electron chi connectivity index (χ2n) is 3.15. The van der Waals surface area contributed by atoms with Crippen LogP contribution in [0.2, 0.25) is 0 Å². The lowest BCUT2D eigenvalue weighted by Crippen LogP contribution is -2.26. The summed E-state index contributed by atoms with van der Waals surface area (Å²) in [6.45, 7) is 4.30. The fourth-order valence-corrected chi connectivity index (χ4v) is 1.28. The van der Waals surface area contributed by atoms with Gasteiger partial charge in [-0.15, -0.1) is 0 Å². The Morgan fingerprint density at radius 3 is 2.75 bits per heavy atom. The van der Waals surface area contributed by atoms with E-state index in [1.807, 2.05) is 6.92 Å². The van der Waals surface area contributed by atoms with E-state index in [1.165, 1.54) is 0 Å². The summed E-state index contributed by atoms with van der Waals surface area (Å²) in [7, 11) is 0. The predicted octanol–water partition coefficient (Wildman–Crippen LogP) is 0.954. The smallest absolute Gasteiger partial charge is 0.305 e. The molecule has 12 heavy (non-hydrogen) atoms. The normalized spacial score (nSPS) is 19.1. The molecule has 0 aromatic rings. The first-order chi connectivity index (χ1) is 5.83. The van der Waals surface area contributed by atoms with E-state index in [2.05, 4.69) is 5.32 Å². The first-order valence-corrected chi connectivity index (χ1v) is 4.61. The van der Waals surface area contributed by atoms with Crippen molar-refractivity contribution in [3.8, 4) is 0 Å². The quantitative estimate of drug-likeness (QED) is 0.592. The van der Waals surface area contributed by atoms with Gasteiger partial charge >= 0.3 is 5.97 Å². The number of hydrogen-bond donors (Lipinski definition) is 0. The van der Waals surface area contributed by atoms with Crippen LogP contribution < -0.4 is 5.32 Å². The zero-order valence-electron chi connectivity index (χ0n) is 7.58. The van der Waals surface area contributed by atoms with E-state index >= 15 is 0 Å². The van der Waals surface area contributed by atoms with E-state index < -0.39 is 0 Å². The molecule has 1 rings (SSSR count). The summed E-state index contributed by atoms with van der Waals surface area (Å²) in [6, 6.07) is 0. The highest BCUT2D eigenvalue weighted by atomic mass is 16.5. The summed E-state index contributed by atoms with van der Waals surface area (Å²) in [4.78, 5) is 10.8. The third-order valence-corrected chi connectivity index (χ3v) is 2.16. The molecule has 1 saturated heterocycles. The van der Waals surface area contributed by atoms with Gasteiger partial charge in [0.15, 0.2) is 0 Å². The fourth-order valence-electron chi connectivity index (χ4n) is 1.28. The van der Waals surface area contributed by atoms with E-state index in [0.717, 1.165) is 25.9 Å². The van der Waals surface area contributed by atoms with Crippen molar-refractivity contribution in [1.29, 1.82) is 0 Å². The van der Waals surface area contributed by atoms with Crippen LogP contribution >= 0.6 is 0 Å². The predicted molar refractivity (Wildman–Crippen MR) is 45.8 cm³/mol. The average molecular weight is 170 g/mol. The maximum atomic E-state index is 10.8. The molecule has 0 atom stereocenters. The van der Waals surface area contributed by atoms with Gasteiger partial charge in [-0.25, -0.2) is 5.32 Å². The van der Waals surface area contributed by atoms with Crippen LogP contribution in [-0.4, -0.2) is 25.7 Å². The van der Waals surface area contributed by atoms with E-state index in [-0.39, 0.29) is 5.97 Å². The molecule has 0 saturated carbocycles. The van der Waals surface area contributed by atoms with Crippen LogP contribution in [0.1, 0.15) is 26.2 Å². The topological polar surface area (TPSA) is 40.4 Å². The van der Waals surface area contributed by atoms with Gasteiger partial charge in [0.1, 0.15) is 0 Å². The summed E-state index contributed by atoms with van der Waals surface area (Å²) >= 11 is 0. The maximum absolute atomic E-state index is 10.8. The van der Waals surface area contributed by atoms with Gasteiger partial charge in [-0.1, -0.05) is 6.92 Å². The van der Waals surface area contributed by atoms with Gasteiger partial charge in [0.25, 0.3) is 0 Å². The molecule has 0 unspecified atom stereocenters. The minimum Gasteiger partial charge on any atom is -0.465 e. The Morgan fingerprint density at radius 1 is 1.50 bits per heavy atom. The summed E-state index contributed by atoms with van der Waals surface area (Å²) in [5.74, 6) is 0.468. The number of esters is 1. The van der Waals surface area contributed by atoms with E-state index in [1.54, 1.807) is 0 Å². The maximum Gasteiger partial charge on any atom is 0.305 e. The number of carbonyl (C=O) groups excluding carboxylic acids is 1. The van der Waals surface area contributed by atoms with Gasteiger partial charge in [-0.05, 0) is 18.8 Å². The van der Waals surface area contributed by atoms with Crippen LogP contribution in [0, 0.1) is 5.92 Å². The van der Waals surface area contributed by atoms with Gasteiger partial charge in [0.05, 0.1) is 6.61 Å². The van der Waals surface area contributed by atoms with Crippen LogP contribution in [0.3, 0.4) is 0 Å². The number of rotatable bonds is 3. The molecular weight excluding hydrogens is 154 g/mol. The number of nitrogens with zero attached hydrogens (tertiary/aromatic N) is 1. The van der Waals surface area contributed by atoms with Gasteiger partial charge < -0.3 is 4.74 Å². The van der Waals surface area contributed by atoms with Gasteiger partial charge in [-0.3, -0.25) is 4.79 Å². The molecule has 0 aromatic carbocycles. The van der Waals surface area contributed by atoms with Crippen LogP contribution in [-0.2, 0) is 9.53 Å². The molecule has 1 radical (unpaired) electrons. The second-order valence-corrected chi connectivity index (χ2v) is 3.15. The monoisotopic (exact) mass is 170 g/mol. The van der Waals surface area contributed by atoms with Crippen molar-refractivity contribution in [2.45, 2.75) is 26.2 Å². The molecule has 0 aliphatic carbocycles. The second kappa shape index (κ2) is 5.14. The molecule has 0 N–H and O–H groups in total. The first kappa shape index (κ1) is 9.52. The third-order valence-electron chi connectivity index (χ3n) is 2.16. The Balaban J connectivity index is 2.09. The van der Waals surface area contributed by atoms with Gasteiger partial charge in [0, 0.05) is 19.5 Å². The molecule has 69 valence electrons. The van der Waals surface area contributed by atoms with Crippen molar-refractivity contribution in [2.24, 2.45) is 5.92 Å². The van der Waals surface area contributed by atoms with Crippen molar-refractivity contribution >= 4 is 5.97 Å². The fraction of sp³-hybridized carbons (Fsp3) is 0.889. The zero-order chi connectivity index (χ0) is 8.81. The highest BCUT2D eigenvalue weighted by Gasteiger charge is 2.14. The number of piperidine rings is 1. The van der Waals surface area contributed by atoms with Crippen molar-refractivity contribution in [2.75, 3.05) is 19.7 Å². The van der Waals surface area contributed by atoms with Crippen molar-refractivity contribution < 1.29 is 9.53 Å². The SMILES string of the molecule is CCC(=O)OCC1CC[N]CC1. The molecule has 1 aliphatic rings. The Labute approximate surface area is 73.5 Å². The van der Waals surface area contributed by atoms with Crippen molar-refractivity contribution in [1.82, 2.24) is 5.32 Å². The number of carbonyl (C=O) groups is 1. The third kappa shape index (κ3) is 3.22. The Kier molecular flexibility index (Phi) is 4.08. The van der Waals surface area contributed by atoms with Gasteiger partial charge in [-0.2, -0.15) is 0 Å². The molecule has 0 aromatic heterocycles. The number of ether oxygens (including phenoxy) is 1. The van der Waals surface area contributed by atoms with Crippen molar-refractivity contribution in [3.63, 3.8) is 0 Å². The Bertz CT molecular complexity index is 141. The lowest BCUT2D eigenvalue weighted by atomic mass is 9.99. The van der Waals surface area contributed by atoms with Crippen molar-refractivity contribution in [3.05, 3.63) is 0 Å². The molecule has 0 amide bonds. The molecule has 3 nitrogen and oxygen atoms in total. The summed E-state index contributed by atoms with van der Waals surface area (Å²) in [6.07, 6.45) is 2.64. The Morgan fingerprint density at radius 2 is 2.17 bits per heavy atom. The van der Waals surface area contributed by atoms with E-state index in [9.17, 15) is 4.79 Å². The molecule has 1 fully saturated rings. The number of hydrogen-bond acceptors (Lipinski definition) is 2. The van der Waals surface area contributed by atoms with E-state index in [4.69, 9.17) is 4.74 Å². The molecule has 3 heteroatoms. The summed E-state index contributed by atoms with van der Waals surface area (Å²) < 4.78 is 5.05. The Hall–Kier alpha value is -0.570. The highest BCUT2D eigenvalue weighted by Crippen LogP contribution is 2.12. The molecule has 1 aliphatic heterocycles. The van der Waals surface area contributed by atoms with Crippen LogP contribution in [0.4, 0.5) is 0 Å². The lowest BCUT2D eigenvalue weighted by molar-refractivity contribution is -0.144. The lowest BCUT2D eigenvalue weighted by Gasteiger charge is -2.20. The van der Waals surface area contributed by atoms with Crippen LogP contribution in [0.25, 0.3) is 0 Å². The molecule has 1 heterocycles. The van der Waals surface area contributed by atoms with E-state index in [0.29, 0.717) is 18.9 Å². The van der Waals surface area contributed by atoms with Crippen LogP contribution in [0.5, 0.6) is 0 Å².